The average Bonchev–Trinajstić information content (AvgIpc) is 2.77. The minimum atomic E-state index is -3.48. The Morgan fingerprint density at radius 2 is 2.19 bits per heavy atom. The Labute approximate surface area is 107 Å². The summed E-state index contributed by atoms with van der Waals surface area (Å²) in [5.41, 5.74) is 0. The highest BCUT2D eigenvalue weighted by atomic mass is 79.9. The van der Waals surface area contributed by atoms with E-state index in [4.69, 9.17) is 0 Å². The molecular weight excluding hydrogens is 314 g/mol. The molecule has 2 atom stereocenters. The highest BCUT2D eigenvalue weighted by molar-refractivity contribution is 9.11. The summed E-state index contributed by atoms with van der Waals surface area (Å²) in [7, 11) is -3.48. The predicted molar refractivity (Wildman–Crippen MR) is 66.0 cm³/mol. The fourth-order valence-corrected chi connectivity index (χ4v) is 5.11. The molecule has 2 rings (SSSR count). The molecule has 0 spiro atoms. The third-order valence-corrected chi connectivity index (χ3v) is 6.20. The van der Waals surface area contributed by atoms with Crippen LogP contribution in [0.4, 0.5) is 0 Å². The van der Waals surface area contributed by atoms with Crippen LogP contribution in [0.15, 0.2) is 20.1 Å². The maximum absolute atomic E-state index is 11.9. The molecule has 0 aromatic carbocycles. The number of hydrogen-bond acceptors (Lipinski definition) is 4. The van der Waals surface area contributed by atoms with E-state index in [9.17, 15) is 13.5 Å². The third-order valence-electron chi connectivity index (χ3n) is 2.60. The van der Waals surface area contributed by atoms with E-state index in [0.29, 0.717) is 12.8 Å². The molecule has 2 N–H and O–H groups in total. The number of thiophene rings is 1. The van der Waals surface area contributed by atoms with Crippen molar-refractivity contribution >= 4 is 37.3 Å². The number of rotatable bonds is 3. The molecule has 0 radical (unpaired) electrons. The van der Waals surface area contributed by atoms with Crippen LogP contribution < -0.4 is 4.72 Å². The van der Waals surface area contributed by atoms with Crippen molar-refractivity contribution in [1.82, 2.24) is 4.72 Å². The number of aliphatic hydroxyl groups excluding tert-OH is 1. The molecule has 0 aliphatic heterocycles. The quantitative estimate of drug-likeness (QED) is 0.888. The molecular formula is C9H12BrNO3S2. The van der Waals surface area contributed by atoms with Gasteiger partial charge in [-0.2, -0.15) is 0 Å². The summed E-state index contributed by atoms with van der Waals surface area (Å²) < 4.78 is 27.4. The van der Waals surface area contributed by atoms with E-state index in [0.717, 1.165) is 21.5 Å². The molecule has 0 saturated heterocycles. The fraction of sp³-hybridized carbons (Fsp3) is 0.556. The van der Waals surface area contributed by atoms with Crippen molar-refractivity contribution in [2.75, 3.05) is 0 Å². The van der Waals surface area contributed by atoms with Gasteiger partial charge in [0, 0.05) is 6.04 Å². The topological polar surface area (TPSA) is 66.4 Å². The van der Waals surface area contributed by atoms with Crippen molar-refractivity contribution in [3.05, 3.63) is 15.9 Å². The second kappa shape index (κ2) is 4.73. The van der Waals surface area contributed by atoms with Crippen LogP contribution in [0.3, 0.4) is 0 Å². The van der Waals surface area contributed by atoms with Crippen LogP contribution in [0.25, 0.3) is 0 Å². The molecule has 1 aromatic rings. The summed E-state index contributed by atoms with van der Waals surface area (Å²) in [5.74, 6) is 0. The van der Waals surface area contributed by atoms with E-state index < -0.39 is 16.1 Å². The van der Waals surface area contributed by atoms with Crippen LogP contribution in [-0.4, -0.2) is 25.7 Å². The zero-order valence-electron chi connectivity index (χ0n) is 8.39. The van der Waals surface area contributed by atoms with Crippen molar-refractivity contribution in [2.24, 2.45) is 0 Å². The summed E-state index contributed by atoms with van der Waals surface area (Å²) in [6, 6.07) is 2.91. The minimum absolute atomic E-state index is 0.276. The fourth-order valence-electron chi connectivity index (χ4n) is 1.78. The second-order valence-electron chi connectivity index (χ2n) is 3.78. The third kappa shape index (κ3) is 2.65. The predicted octanol–water partition coefficient (Wildman–Crippen LogP) is 1.70. The smallest absolute Gasteiger partial charge is 0.250 e. The molecule has 1 heterocycles. The van der Waals surface area contributed by atoms with Crippen LogP contribution in [-0.2, 0) is 10.0 Å². The van der Waals surface area contributed by atoms with Crippen LogP contribution >= 0.6 is 27.3 Å². The zero-order valence-corrected chi connectivity index (χ0v) is 11.6. The monoisotopic (exact) mass is 325 g/mol. The minimum Gasteiger partial charge on any atom is -0.391 e. The van der Waals surface area contributed by atoms with Gasteiger partial charge in [-0.05, 0) is 47.3 Å². The normalized spacial score (nSPS) is 26.1. The molecule has 0 bridgehead atoms. The standard InChI is InChI=1S/C9H12BrNO3S2/c10-8-4-5-9(15-8)16(13,14)11-6-2-1-3-7(6)12/h4-7,11-12H,1-3H2. The van der Waals surface area contributed by atoms with Gasteiger partial charge in [0.2, 0.25) is 10.0 Å². The van der Waals surface area contributed by atoms with Crippen molar-refractivity contribution in [1.29, 1.82) is 0 Å². The lowest BCUT2D eigenvalue weighted by atomic mass is 10.2. The maximum Gasteiger partial charge on any atom is 0.250 e. The molecule has 90 valence electrons. The van der Waals surface area contributed by atoms with E-state index in [1.807, 2.05) is 0 Å². The Morgan fingerprint density at radius 3 is 2.69 bits per heavy atom. The molecule has 2 unspecified atom stereocenters. The van der Waals surface area contributed by atoms with Crippen LogP contribution in [0.1, 0.15) is 19.3 Å². The average molecular weight is 326 g/mol. The van der Waals surface area contributed by atoms with Gasteiger partial charge in [-0.1, -0.05) is 0 Å². The van der Waals surface area contributed by atoms with Gasteiger partial charge in [-0.3, -0.25) is 0 Å². The number of sulfonamides is 1. The van der Waals surface area contributed by atoms with E-state index in [-0.39, 0.29) is 10.3 Å². The Bertz CT molecular complexity index is 471. The first kappa shape index (κ1) is 12.5. The molecule has 1 aromatic heterocycles. The van der Waals surface area contributed by atoms with Gasteiger partial charge in [-0.25, -0.2) is 13.1 Å². The Morgan fingerprint density at radius 1 is 1.44 bits per heavy atom. The first-order valence-electron chi connectivity index (χ1n) is 4.95. The van der Waals surface area contributed by atoms with E-state index in [1.54, 1.807) is 12.1 Å². The zero-order chi connectivity index (χ0) is 11.8. The molecule has 1 fully saturated rings. The van der Waals surface area contributed by atoms with Crippen LogP contribution in [0.2, 0.25) is 0 Å². The number of halogens is 1. The van der Waals surface area contributed by atoms with Gasteiger partial charge in [0.25, 0.3) is 0 Å². The van der Waals surface area contributed by atoms with Crippen LogP contribution in [0.5, 0.6) is 0 Å². The van der Waals surface area contributed by atoms with Gasteiger partial charge in [0.1, 0.15) is 4.21 Å². The van der Waals surface area contributed by atoms with Crippen molar-refractivity contribution < 1.29 is 13.5 Å². The van der Waals surface area contributed by atoms with Crippen molar-refractivity contribution in [3.8, 4) is 0 Å². The number of aliphatic hydroxyl groups is 1. The summed E-state index contributed by atoms with van der Waals surface area (Å²) in [5, 5.41) is 9.57. The van der Waals surface area contributed by atoms with Gasteiger partial charge < -0.3 is 5.11 Å². The molecule has 1 saturated carbocycles. The lowest BCUT2D eigenvalue weighted by Gasteiger charge is -2.15. The van der Waals surface area contributed by atoms with Gasteiger partial charge in [0.15, 0.2) is 0 Å². The molecule has 1 aliphatic rings. The summed E-state index contributed by atoms with van der Waals surface area (Å²) in [6.45, 7) is 0. The molecule has 4 nitrogen and oxygen atoms in total. The number of nitrogens with one attached hydrogen (secondary N) is 1. The highest BCUT2D eigenvalue weighted by Crippen LogP contribution is 2.27. The highest BCUT2D eigenvalue weighted by Gasteiger charge is 2.30. The molecule has 16 heavy (non-hydrogen) atoms. The van der Waals surface area contributed by atoms with Crippen LogP contribution in [0, 0.1) is 0 Å². The van der Waals surface area contributed by atoms with E-state index in [2.05, 4.69) is 20.7 Å². The lowest BCUT2D eigenvalue weighted by Crippen LogP contribution is -2.39. The summed E-state index contributed by atoms with van der Waals surface area (Å²) in [4.78, 5) is 0. The molecule has 1 aliphatic carbocycles. The maximum atomic E-state index is 11.9. The molecule has 7 heteroatoms. The Kier molecular flexibility index (Phi) is 3.70. The number of hydrogen-bond donors (Lipinski definition) is 2. The van der Waals surface area contributed by atoms with E-state index >= 15 is 0 Å². The Hall–Kier alpha value is 0.0500. The molecule has 0 amide bonds. The van der Waals surface area contributed by atoms with E-state index in [1.165, 1.54) is 0 Å². The van der Waals surface area contributed by atoms with Gasteiger partial charge >= 0.3 is 0 Å². The Balaban J connectivity index is 2.14. The van der Waals surface area contributed by atoms with Crippen molar-refractivity contribution in [2.45, 2.75) is 35.6 Å². The SMILES string of the molecule is O=S(=O)(NC1CCCC1O)c1ccc(Br)s1. The van der Waals surface area contributed by atoms with Crippen molar-refractivity contribution in [3.63, 3.8) is 0 Å². The van der Waals surface area contributed by atoms with Gasteiger partial charge in [-0.15, -0.1) is 11.3 Å². The lowest BCUT2D eigenvalue weighted by molar-refractivity contribution is 0.159. The second-order valence-corrected chi connectivity index (χ2v) is 8.19. The first-order valence-corrected chi connectivity index (χ1v) is 8.04. The summed E-state index contributed by atoms with van der Waals surface area (Å²) in [6.07, 6.45) is 1.68. The largest absolute Gasteiger partial charge is 0.391 e. The summed E-state index contributed by atoms with van der Waals surface area (Å²) >= 11 is 4.39. The van der Waals surface area contributed by atoms with Gasteiger partial charge in [0.05, 0.1) is 9.89 Å². The first-order chi connectivity index (χ1) is 7.49.